The zero-order valence-electron chi connectivity index (χ0n) is 16.9. The van der Waals surface area contributed by atoms with Crippen molar-refractivity contribution in [3.63, 3.8) is 0 Å². The summed E-state index contributed by atoms with van der Waals surface area (Å²) in [6, 6.07) is 17.8. The van der Waals surface area contributed by atoms with E-state index >= 15 is 0 Å². The van der Waals surface area contributed by atoms with Crippen LogP contribution < -0.4 is 0 Å². The molecule has 5 rings (SSSR count). The maximum absolute atomic E-state index is 13.5. The summed E-state index contributed by atoms with van der Waals surface area (Å²) in [6.07, 6.45) is 3.45. The molecule has 2 aliphatic heterocycles. The van der Waals surface area contributed by atoms with E-state index in [1.54, 1.807) is 19.3 Å². The van der Waals surface area contributed by atoms with Crippen molar-refractivity contribution >= 4 is 11.8 Å². The van der Waals surface area contributed by atoms with Crippen LogP contribution in [0.15, 0.2) is 67.0 Å². The standard InChI is InChI=1S/C24H24N4O2/c1-16(29)28-14-18-13-27(15-21(18)22(28)17-7-3-2-4-8-17)24(30)20-10-6-5-9-19(20)23-25-11-12-26-23/h2-12,18,21-22H,13-15H2,1H3,(H,25,26)/t18-,21-,22+/m1/s1. The lowest BCUT2D eigenvalue weighted by Crippen LogP contribution is -2.36. The van der Waals surface area contributed by atoms with Crippen LogP contribution in [-0.4, -0.2) is 51.2 Å². The Morgan fingerprint density at radius 2 is 1.77 bits per heavy atom. The molecular weight excluding hydrogens is 376 g/mol. The molecule has 0 saturated carbocycles. The Labute approximate surface area is 175 Å². The third-order valence-electron chi connectivity index (χ3n) is 6.41. The van der Waals surface area contributed by atoms with Crippen molar-refractivity contribution in [2.75, 3.05) is 19.6 Å². The Hall–Kier alpha value is -3.41. The number of nitrogens with one attached hydrogen (secondary N) is 1. The smallest absolute Gasteiger partial charge is 0.254 e. The lowest BCUT2D eigenvalue weighted by Gasteiger charge is -2.29. The third kappa shape index (κ3) is 3.09. The first-order valence-electron chi connectivity index (χ1n) is 10.3. The number of carbonyl (C=O) groups is 2. The predicted molar refractivity (Wildman–Crippen MR) is 113 cm³/mol. The quantitative estimate of drug-likeness (QED) is 0.733. The van der Waals surface area contributed by atoms with Gasteiger partial charge in [0.25, 0.3) is 5.91 Å². The van der Waals surface area contributed by atoms with Crippen LogP contribution in [0.4, 0.5) is 0 Å². The highest BCUT2D eigenvalue weighted by molar-refractivity contribution is 6.00. The van der Waals surface area contributed by atoms with Gasteiger partial charge in [0.2, 0.25) is 5.91 Å². The van der Waals surface area contributed by atoms with Crippen molar-refractivity contribution in [3.05, 3.63) is 78.1 Å². The van der Waals surface area contributed by atoms with Crippen LogP contribution in [0.1, 0.15) is 28.9 Å². The van der Waals surface area contributed by atoms with Crippen molar-refractivity contribution in [1.29, 1.82) is 0 Å². The molecule has 0 aliphatic carbocycles. The zero-order chi connectivity index (χ0) is 20.7. The normalized spacial score (nSPS) is 22.9. The number of aromatic nitrogens is 2. The summed E-state index contributed by atoms with van der Waals surface area (Å²) in [5.74, 6) is 1.36. The molecule has 0 radical (unpaired) electrons. The van der Waals surface area contributed by atoms with Crippen LogP contribution >= 0.6 is 0 Å². The summed E-state index contributed by atoms with van der Waals surface area (Å²) in [4.78, 5) is 37.1. The minimum atomic E-state index is 0.0202. The molecule has 0 spiro atoms. The van der Waals surface area contributed by atoms with Gasteiger partial charge < -0.3 is 14.8 Å². The number of imidazole rings is 1. The molecule has 6 nitrogen and oxygen atoms in total. The fourth-order valence-corrected chi connectivity index (χ4v) is 5.07. The van der Waals surface area contributed by atoms with E-state index < -0.39 is 0 Å². The van der Waals surface area contributed by atoms with Crippen LogP contribution in [0.2, 0.25) is 0 Å². The molecule has 3 aromatic rings. The highest BCUT2D eigenvalue weighted by Gasteiger charge is 2.49. The van der Waals surface area contributed by atoms with Crippen LogP contribution in [0, 0.1) is 11.8 Å². The van der Waals surface area contributed by atoms with Gasteiger partial charge in [-0.05, 0) is 11.6 Å². The molecule has 152 valence electrons. The highest BCUT2D eigenvalue weighted by atomic mass is 16.2. The van der Waals surface area contributed by atoms with Gasteiger partial charge in [-0.1, -0.05) is 48.5 Å². The molecule has 0 bridgehead atoms. The van der Waals surface area contributed by atoms with Gasteiger partial charge in [-0.3, -0.25) is 9.59 Å². The van der Waals surface area contributed by atoms with Gasteiger partial charge in [0.1, 0.15) is 5.82 Å². The zero-order valence-corrected chi connectivity index (χ0v) is 16.9. The van der Waals surface area contributed by atoms with Crippen LogP contribution in [0.25, 0.3) is 11.4 Å². The Morgan fingerprint density at radius 1 is 1.00 bits per heavy atom. The number of benzene rings is 2. The number of aromatic amines is 1. The average molecular weight is 400 g/mol. The number of fused-ring (bicyclic) bond motifs is 1. The molecule has 2 aliphatic rings. The summed E-state index contributed by atoms with van der Waals surface area (Å²) in [5, 5.41) is 0. The first kappa shape index (κ1) is 18.6. The fourth-order valence-electron chi connectivity index (χ4n) is 5.07. The van der Waals surface area contributed by atoms with E-state index in [-0.39, 0.29) is 23.8 Å². The maximum Gasteiger partial charge on any atom is 0.254 e. The second-order valence-corrected chi connectivity index (χ2v) is 8.14. The molecule has 3 heterocycles. The fraction of sp³-hybridized carbons (Fsp3) is 0.292. The van der Waals surface area contributed by atoms with Crippen molar-refractivity contribution in [2.24, 2.45) is 11.8 Å². The Bertz CT molecular complexity index is 1060. The number of nitrogens with zero attached hydrogens (tertiary/aromatic N) is 3. The highest BCUT2D eigenvalue weighted by Crippen LogP contribution is 2.45. The molecule has 1 aromatic heterocycles. The molecule has 3 atom stereocenters. The summed E-state index contributed by atoms with van der Waals surface area (Å²) >= 11 is 0. The second-order valence-electron chi connectivity index (χ2n) is 8.14. The predicted octanol–water partition coefficient (Wildman–Crippen LogP) is 3.37. The van der Waals surface area contributed by atoms with E-state index in [2.05, 4.69) is 22.1 Å². The first-order chi connectivity index (χ1) is 14.6. The molecule has 30 heavy (non-hydrogen) atoms. The Morgan fingerprint density at radius 3 is 2.50 bits per heavy atom. The molecule has 2 fully saturated rings. The largest absolute Gasteiger partial charge is 0.345 e. The number of H-pyrrole nitrogens is 1. The molecular formula is C24H24N4O2. The topological polar surface area (TPSA) is 69.3 Å². The van der Waals surface area contributed by atoms with Gasteiger partial charge in [-0.25, -0.2) is 4.98 Å². The summed E-state index contributed by atoms with van der Waals surface area (Å²) in [5.41, 5.74) is 2.62. The van der Waals surface area contributed by atoms with Crippen LogP contribution in [0.3, 0.4) is 0 Å². The van der Waals surface area contributed by atoms with E-state index in [1.807, 2.05) is 52.3 Å². The van der Waals surface area contributed by atoms with E-state index in [0.717, 1.165) is 11.1 Å². The van der Waals surface area contributed by atoms with Crippen LogP contribution in [0.5, 0.6) is 0 Å². The molecule has 6 heteroatoms. The van der Waals surface area contributed by atoms with Gasteiger partial charge in [-0.2, -0.15) is 0 Å². The summed E-state index contributed by atoms with van der Waals surface area (Å²) < 4.78 is 0. The van der Waals surface area contributed by atoms with Gasteiger partial charge in [0.05, 0.1) is 11.6 Å². The van der Waals surface area contributed by atoms with Crippen molar-refractivity contribution in [2.45, 2.75) is 13.0 Å². The monoisotopic (exact) mass is 400 g/mol. The number of hydrogen-bond acceptors (Lipinski definition) is 3. The third-order valence-corrected chi connectivity index (χ3v) is 6.41. The van der Waals surface area contributed by atoms with Crippen LogP contribution in [-0.2, 0) is 4.79 Å². The first-order valence-corrected chi connectivity index (χ1v) is 10.3. The maximum atomic E-state index is 13.5. The molecule has 2 aromatic carbocycles. The lowest BCUT2D eigenvalue weighted by molar-refractivity contribution is -0.130. The van der Waals surface area contributed by atoms with Crippen molar-refractivity contribution in [1.82, 2.24) is 19.8 Å². The van der Waals surface area contributed by atoms with E-state index in [4.69, 9.17) is 0 Å². The minimum Gasteiger partial charge on any atom is -0.345 e. The molecule has 1 N–H and O–H groups in total. The van der Waals surface area contributed by atoms with Gasteiger partial charge in [0.15, 0.2) is 0 Å². The minimum absolute atomic E-state index is 0.0202. The van der Waals surface area contributed by atoms with E-state index in [1.165, 1.54) is 0 Å². The number of carbonyl (C=O) groups excluding carboxylic acids is 2. The van der Waals surface area contributed by atoms with Crippen molar-refractivity contribution < 1.29 is 9.59 Å². The van der Waals surface area contributed by atoms with Crippen molar-refractivity contribution in [3.8, 4) is 11.4 Å². The number of rotatable bonds is 3. The molecule has 2 saturated heterocycles. The SMILES string of the molecule is CC(=O)N1C[C@H]2CN(C(=O)c3ccccc3-c3ncc[nH]3)C[C@H]2[C@@H]1c1ccccc1. The summed E-state index contributed by atoms with van der Waals surface area (Å²) in [6.45, 7) is 3.66. The molecule has 2 amide bonds. The summed E-state index contributed by atoms with van der Waals surface area (Å²) in [7, 11) is 0. The Kier molecular flexibility index (Phi) is 4.62. The number of amides is 2. The van der Waals surface area contributed by atoms with E-state index in [0.29, 0.717) is 36.9 Å². The Balaban J connectivity index is 1.43. The number of hydrogen-bond donors (Lipinski definition) is 1. The van der Waals surface area contributed by atoms with Gasteiger partial charge in [-0.15, -0.1) is 0 Å². The second kappa shape index (κ2) is 7.44. The van der Waals surface area contributed by atoms with Gasteiger partial charge in [0, 0.05) is 56.4 Å². The average Bonchev–Trinajstić information content (AvgIpc) is 3.50. The molecule has 0 unspecified atom stereocenters. The van der Waals surface area contributed by atoms with E-state index in [9.17, 15) is 9.59 Å². The number of likely N-dealkylation sites (tertiary alicyclic amines) is 2. The lowest BCUT2D eigenvalue weighted by atomic mass is 9.89. The van der Waals surface area contributed by atoms with Gasteiger partial charge >= 0.3 is 0 Å².